The van der Waals surface area contributed by atoms with Gasteiger partial charge in [0.2, 0.25) is 5.88 Å². The Bertz CT molecular complexity index is 602. The number of hydrogen-bond acceptors (Lipinski definition) is 4. The molecule has 0 bridgehead atoms. The first-order valence-corrected chi connectivity index (χ1v) is 7.14. The van der Waals surface area contributed by atoms with Crippen molar-refractivity contribution < 1.29 is 9.66 Å². The van der Waals surface area contributed by atoms with Gasteiger partial charge in [0.05, 0.1) is 15.5 Å². The monoisotopic (exact) mass is 386 g/mol. The molecule has 0 aliphatic heterocycles. The number of ether oxygens (including phenoxy) is 1. The summed E-state index contributed by atoms with van der Waals surface area (Å²) >= 11 is 6.60. The second-order valence-electron chi connectivity index (χ2n) is 3.61. The SMILES string of the molecule is O=[N+]([O-])c1ccc(Br)c(Oc2ccc(CBr)cn2)c1. The maximum atomic E-state index is 10.7. The highest BCUT2D eigenvalue weighted by atomic mass is 79.9. The quantitative estimate of drug-likeness (QED) is 0.442. The summed E-state index contributed by atoms with van der Waals surface area (Å²) in [5.74, 6) is 0.735. The van der Waals surface area contributed by atoms with E-state index in [0.29, 0.717) is 21.4 Å². The summed E-state index contributed by atoms with van der Waals surface area (Å²) < 4.78 is 6.15. The number of aromatic nitrogens is 1. The van der Waals surface area contributed by atoms with E-state index in [9.17, 15) is 10.1 Å². The molecule has 0 aliphatic rings. The first-order valence-electron chi connectivity index (χ1n) is 5.23. The van der Waals surface area contributed by atoms with E-state index < -0.39 is 4.92 Å². The van der Waals surface area contributed by atoms with Crippen molar-refractivity contribution in [2.45, 2.75) is 5.33 Å². The smallest absolute Gasteiger partial charge is 0.273 e. The zero-order valence-corrected chi connectivity index (χ0v) is 12.7. The van der Waals surface area contributed by atoms with Crippen LogP contribution in [0.5, 0.6) is 11.6 Å². The number of nitro benzene ring substituents is 1. The molecule has 98 valence electrons. The van der Waals surface area contributed by atoms with Gasteiger partial charge in [-0.1, -0.05) is 22.0 Å². The summed E-state index contributed by atoms with van der Waals surface area (Å²) in [6, 6.07) is 7.90. The summed E-state index contributed by atoms with van der Waals surface area (Å²) in [6.07, 6.45) is 1.68. The zero-order valence-electron chi connectivity index (χ0n) is 9.55. The van der Waals surface area contributed by atoms with Crippen molar-refractivity contribution >= 4 is 37.5 Å². The van der Waals surface area contributed by atoms with Gasteiger partial charge in [0.15, 0.2) is 5.75 Å². The van der Waals surface area contributed by atoms with Gasteiger partial charge in [-0.25, -0.2) is 4.98 Å². The minimum absolute atomic E-state index is 0.0321. The summed E-state index contributed by atoms with van der Waals surface area (Å²) in [5, 5.41) is 11.4. The fraction of sp³-hybridized carbons (Fsp3) is 0.0833. The van der Waals surface area contributed by atoms with Crippen LogP contribution >= 0.6 is 31.9 Å². The van der Waals surface area contributed by atoms with Crippen LogP contribution in [0.15, 0.2) is 41.0 Å². The average Bonchev–Trinajstić information content (AvgIpc) is 2.42. The lowest BCUT2D eigenvalue weighted by Gasteiger charge is -2.06. The summed E-state index contributed by atoms with van der Waals surface area (Å²) in [4.78, 5) is 14.4. The van der Waals surface area contributed by atoms with Crippen LogP contribution in [-0.2, 0) is 5.33 Å². The van der Waals surface area contributed by atoms with Crippen LogP contribution in [0.3, 0.4) is 0 Å². The summed E-state index contributed by atoms with van der Waals surface area (Å²) in [7, 11) is 0. The maximum absolute atomic E-state index is 10.7. The fourth-order valence-corrected chi connectivity index (χ4v) is 2.01. The Morgan fingerprint density at radius 1 is 1.32 bits per heavy atom. The third kappa shape index (κ3) is 3.51. The second-order valence-corrected chi connectivity index (χ2v) is 5.03. The Balaban J connectivity index is 2.26. The highest BCUT2D eigenvalue weighted by molar-refractivity contribution is 9.10. The number of halogens is 2. The summed E-state index contributed by atoms with van der Waals surface area (Å²) in [5.41, 5.74) is 0.987. The van der Waals surface area contributed by atoms with E-state index in [4.69, 9.17) is 4.74 Å². The van der Waals surface area contributed by atoms with Gasteiger partial charge in [-0.15, -0.1) is 0 Å². The Morgan fingerprint density at radius 3 is 2.68 bits per heavy atom. The van der Waals surface area contributed by atoms with Gasteiger partial charge in [0.1, 0.15) is 0 Å². The van der Waals surface area contributed by atoms with Crippen molar-refractivity contribution in [2.24, 2.45) is 0 Å². The van der Waals surface area contributed by atoms with E-state index in [2.05, 4.69) is 36.8 Å². The molecule has 2 rings (SSSR count). The molecular weight excluding hydrogens is 380 g/mol. The molecule has 0 atom stereocenters. The minimum atomic E-state index is -0.472. The van der Waals surface area contributed by atoms with E-state index in [1.807, 2.05) is 6.07 Å². The molecule has 0 saturated carbocycles. The van der Waals surface area contributed by atoms with Crippen molar-refractivity contribution in [1.82, 2.24) is 4.98 Å². The lowest BCUT2D eigenvalue weighted by molar-refractivity contribution is -0.384. The van der Waals surface area contributed by atoms with E-state index in [-0.39, 0.29) is 5.69 Å². The van der Waals surface area contributed by atoms with Crippen molar-refractivity contribution in [1.29, 1.82) is 0 Å². The zero-order chi connectivity index (χ0) is 13.8. The Hall–Kier alpha value is -1.47. The molecular formula is C12H8Br2N2O3. The predicted octanol–water partition coefficient (Wildman–Crippen LogP) is 4.44. The molecule has 2 aromatic rings. The number of pyridine rings is 1. The van der Waals surface area contributed by atoms with Crippen LogP contribution in [0.4, 0.5) is 5.69 Å². The number of benzene rings is 1. The van der Waals surface area contributed by atoms with Crippen LogP contribution in [-0.4, -0.2) is 9.91 Å². The molecule has 0 spiro atoms. The van der Waals surface area contributed by atoms with E-state index >= 15 is 0 Å². The standard InChI is InChI=1S/C12H8Br2N2O3/c13-6-8-1-4-12(15-7-8)19-11-5-9(16(17)18)2-3-10(11)14/h1-5,7H,6H2. The molecule has 0 radical (unpaired) electrons. The topological polar surface area (TPSA) is 65.3 Å². The van der Waals surface area contributed by atoms with Gasteiger partial charge in [0, 0.05) is 23.7 Å². The van der Waals surface area contributed by atoms with Gasteiger partial charge < -0.3 is 4.74 Å². The van der Waals surface area contributed by atoms with Gasteiger partial charge in [-0.2, -0.15) is 0 Å². The number of hydrogen-bond donors (Lipinski definition) is 0. The number of nitrogens with zero attached hydrogens (tertiary/aromatic N) is 2. The molecule has 0 unspecified atom stereocenters. The number of nitro groups is 1. The van der Waals surface area contributed by atoms with Gasteiger partial charge in [-0.05, 0) is 27.6 Å². The minimum Gasteiger partial charge on any atom is -0.438 e. The van der Waals surface area contributed by atoms with Crippen LogP contribution in [0.25, 0.3) is 0 Å². The average molecular weight is 388 g/mol. The molecule has 1 aromatic heterocycles. The Labute approximate surface area is 126 Å². The van der Waals surface area contributed by atoms with Crippen LogP contribution in [0.2, 0.25) is 0 Å². The number of rotatable bonds is 4. The van der Waals surface area contributed by atoms with E-state index in [1.165, 1.54) is 12.1 Å². The van der Waals surface area contributed by atoms with Gasteiger partial charge in [-0.3, -0.25) is 10.1 Å². The largest absolute Gasteiger partial charge is 0.438 e. The number of non-ortho nitro benzene ring substituents is 1. The normalized spacial score (nSPS) is 10.2. The van der Waals surface area contributed by atoms with Crippen molar-refractivity contribution in [2.75, 3.05) is 0 Å². The third-order valence-electron chi connectivity index (χ3n) is 2.29. The predicted molar refractivity (Wildman–Crippen MR) is 77.7 cm³/mol. The highest BCUT2D eigenvalue weighted by Crippen LogP contribution is 2.32. The van der Waals surface area contributed by atoms with Crippen molar-refractivity contribution in [3.8, 4) is 11.6 Å². The Kier molecular flexibility index (Phi) is 4.49. The molecule has 7 heteroatoms. The highest BCUT2D eigenvalue weighted by Gasteiger charge is 2.11. The fourth-order valence-electron chi connectivity index (χ4n) is 1.35. The molecule has 0 fully saturated rings. The molecule has 5 nitrogen and oxygen atoms in total. The molecule has 19 heavy (non-hydrogen) atoms. The molecule has 0 amide bonds. The van der Waals surface area contributed by atoms with Gasteiger partial charge in [0.25, 0.3) is 5.69 Å². The molecule has 0 saturated heterocycles. The molecule has 0 aliphatic carbocycles. The lowest BCUT2D eigenvalue weighted by atomic mass is 10.3. The molecule has 1 heterocycles. The number of alkyl halides is 1. The summed E-state index contributed by atoms with van der Waals surface area (Å²) in [6.45, 7) is 0. The maximum Gasteiger partial charge on any atom is 0.273 e. The van der Waals surface area contributed by atoms with E-state index in [0.717, 1.165) is 5.56 Å². The van der Waals surface area contributed by atoms with Gasteiger partial charge >= 0.3 is 0 Å². The first kappa shape index (κ1) is 14.0. The molecule has 0 N–H and O–H groups in total. The third-order valence-corrected chi connectivity index (χ3v) is 3.59. The Morgan fingerprint density at radius 2 is 2.11 bits per heavy atom. The first-order chi connectivity index (χ1) is 9.10. The van der Waals surface area contributed by atoms with Crippen molar-refractivity contribution in [3.63, 3.8) is 0 Å². The van der Waals surface area contributed by atoms with Crippen LogP contribution in [0, 0.1) is 10.1 Å². The van der Waals surface area contributed by atoms with Crippen LogP contribution in [0.1, 0.15) is 5.56 Å². The lowest BCUT2D eigenvalue weighted by Crippen LogP contribution is -1.92. The van der Waals surface area contributed by atoms with E-state index in [1.54, 1.807) is 18.3 Å². The molecule has 1 aromatic carbocycles. The van der Waals surface area contributed by atoms with Crippen LogP contribution < -0.4 is 4.74 Å². The van der Waals surface area contributed by atoms with Crippen molar-refractivity contribution in [3.05, 3.63) is 56.7 Å². The second kappa shape index (κ2) is 6.12.